The Labute approximate surface area is 130 Å². The van der Waals surface area contributed by atoms with Crippen LogP contribution >= 0.6 is 0 Å². The highest BCUT2D eigenvalue weighted by atomic mass is 15.1. The van der Waals surface area contributed by atoms with E-state index in [4.69, 9.17) is 0 Å². The van der Waals surface area contributed by atoms with Crippen LogP contribution in [0.2, 0.25) is 0 Å². The van der Waals surface area contributed by atoms with Gasteiger partial charge in [0.1, 0.15) is 0 Å². The molecule has 5 nitrogen and oxygen atoms in total. The fourth-order valence-electron chi connectivity index (χ4n) is 2.57. The predicted molar refractivity (Wildman–Crippen MR) is 91.5 cm³/mol. The third-order valence-electron chi connectivity index (χ3n) is 3.63. The van der Waals surface area contributed by atoms with Gasteiger partial charge in [-0.15, -0.1) is 0 Å². The molecule has 3 aromatic rings. The second-order valence-corrected chi connectivity index (χ2v) is 5.45. The monoisotopic (exact) mass is 295 g/mol. The summed E-state index contributed by atoms with van der Waals surface area (Å²) < 4.78 is 2.09. The first-order valence-corrected chi connectivity index (χ1v) is 7.55. The lowest BCUT2D eigenvalue weighted by Crippen LogP contribution is -2.10. The maximum absolute atomic E-state index is 4.57. The quantitative estimate of drug-likeness (QED) is 0.784. The Hall–Kier alpha value is -2.56. The van der Waals surface area contributed by atoms with Crippen molar-refractivity contribution in [2.24, 2.45) is 0 Å². The predicted octanol–water partition coefficient (Wildman–Crippen LogP) is 3.28. The van der Waals surface area contributed by atoms with Crippen molar-refractivity contribution in [2.45, 2.75) is 13.3 Å². The van der Waals surface area contributed by atoms with E-state index in [9.17, 15) is 0 Å². The Morgan fingerprint density at radius 3 is 2.77 bits per heavy atom. The largest absolute Gasteiger partial charge is 0.377 e. The Morgan fingerprint density at radius 1 is 1.18 bits per heavy atom. The number of rotatable bonds is 5. The molecule has 114 valence electrons. The molecular formula is C17H21N5. The second kappa shape index (κ2) is 6.05. The number of nitrogens with zero attached hydrogens (tertiary/aromatic N) is 4. The molecule has 0 unspecified atom stereocenters. The van der Waals surface area contributed by atoms with Crippen LogP contribution in [0.5, 0.6) is 0 Å². The van der Waals surface area contributed by atoms with E-state index in [0.29, 0.717) is 0 Å². The molecule has 22 heavy (non-hydrogen) atoms. The standard InChI is InChI=1S/C17H21N5/c1-4-9-18-16-17-20-12-15(22(17)11-10-19-16)13-7-5-6-8-14(13)21(2)3/h5-8,10-12H,4,9H2,1-3H3,(H,18,19). The van der Waals surface area contributed by atoms with Crippen molar-refractivity contribution in [1.29, 1.82) is 0 Å². The molecule has 0 saturated heterocycles. The fourth-order valence-corrected chi connectivity index (χ4v) is 2.57. The highest BCUT2D eigenvalue weighted by Gasteiger charge is 2.13. The average molecular weight is 295 g/mol. The van der Waals surface area contributed by atoms with Gasteiger partial charge in [0.05, 0.1) is 11.9 Å². The molecule has 1 aromatic carbocycles. The van der Waals surface area contributed by atoms with Crippen molar-refractivity contribution < 1.29 is 0 Å². The van der Waals surface area contributed by atoms with Gasteiger partial charge in [-0.3, -0.25) is 4.40 Å². The van der Waals surface area contributed by atoms with Crippen LogP contribution in [0.25, 0.3) is 16.9 Å². The van der Waals surface area contributed by atoms with Gasteiger partial charge in [0.2, 0.25) is 0 Å². The molecule has 0 radical (unpaired) electrons. The van der Waals surface area contributed by atoms with Crippen molar-refractivity contribution in [3.8, 4) is 11.3 Å². The van der Waals surface area contributed by atoms with Crippen LogP contribution in [0.1, 0.15) is 13.3 Å². The van der Waals surface area contributed by atoms with E-state index in [2.05, 4.69) is 69.9 Å². The van der Waals surface area contributed by atoms with E-state index in [1.165, 1.54) is 5.69 Å². The molecule has 5 heteroatoms. The van der Waals surface area contributed by atoms with Gasteiger partial charge in [0.25, 0.3) is 0 Å². The molecule has 0 spiro atoms. The van der Waals surface area contributed by atoms with Gasteiger partial charge < -0.3 is 10.2 Å². The van der Waals surface area contributed by atoms with E-state index in [-0.39, 0.29) is 0 Å². The maximum Gasteiger partial charge on any atom is 0.180 e. The summed E-state index contributed by atoms with van der Waals surface area (Å²) in [6.07, 6.45) is 6.74. The van der Waals surface area contributed by atoms with Crippen LogP contribution in [-0.4, -0.2) is 35.0 Å². The zero-order valence-electron chi connectivity index (χ0n) is 13.2. The van der Waals surface area contributed by atoms with E-state index in [1.807, 2.05) is 18.6 Å². The molecule has 1 N–H and O–H groups in total. The van der Waals surface area contributed by atoms with Gasteiger partial charge >= 0.3 is 0 Å². The lowest BCUT2D eigenvalue weighted by atomic mass is 10.1. The lowest BCUT2D eigenvalue weighted by Gasteiger charge is -2.17. The zero-order valence-corrected chi connectivity index (χ0v) is 13.2. The van der Waals surface area contributed by atoms with E-state index in [1.54, 1.807) is 0 Å². The molecule has 0 fully saturated rings. The molecular weight excluding hydrogens is 274 g/mol. The number of imidazole rings is 1. The van der Waals surface area contributed by atoms with Crippen molar-refractivity contribution in [3.63, 3.8) is 0 Å². The second-order valence-electron chi connectivity index (χ2n) is 5.45. The van der Waals surface area contributed by atoms with Gasteiger partial charge in [-0.05, 0) is 12.5 Å². The minimum Gasteiger partial charge on any atom is -0.377 e. The Kier molecular flexibility index (Phi) is 3.96. The summed E-state index contributed by atoms with van der Waals surface area (Å²) in [6.45, 7) is 3.03. The molecule has 0 atom stereocenters. The van der Waals surface area contributed by atoms with Gasteiger partial charge in [-0.1, -0.05) is 25.1 Å². The number of hydrogen-bond donors (Lipinski definition) is 1. The minimum atomic E-state index is 0.831. The number of benzene rings is 1. The van der Waals surface area contributed by atoms with Crippen LogP contribution in [0, 0.1) is 0 Å². The minimum absolute atomic E-state index is 0.831. The lowest BCUT2D eigenvalue weighted by molar-refractivity contribution is 0.964. The summed E-state index contributed by atoms with van der Waals surface area (Å²) in [5.74, 6) is 0.831. The molecule has 0 aliphatic heterocycles. The van der Waals surface area contributed by atoms with Crippen LogP contribution < -0.4 is 10.2 Å². The van der Waals surface area contributed by atoms with E-state index in [0.717, 1.165) is 35.7 Å². The number of fused-ring (bicyclic) bond motifs is 1. The van der Waals surface area contributed by atoms with E-state index >= 15 is 0 Å². The van der Waals surface area contributed by atoms with Crippen LogP contribution in [0.15, 0.2) is 42.9 Å². The fraction of sp³-hybridized carbons (Fsp3) is 0.294. The third kappa shape index (κ3) is 2.50. The Morgan fingerprint density at radius 2 is 2.00 bits per heavy atom. The van der Waals surface area contributed by atoms with E-state index < -0.39 is 0 Å². The number of para-hydroxylation sites is 1. The first-order valence-electron chi connectivity index (χ1n) is 7.55. The smallest absolute Gasteiger partial charge is 0.180 e. The van der Waals surface area contributed by atoms with Gasteiger partial charge in [-0.2, -0.15) is 0 Å². The molecule has 2 aromatic heterocycles. The number of anilines is 2. The highest BCUT2D eigenvalue weighted by Crippen LogP contribution is 2.30. The maximum atomic E-state index is 4.57. The van der Waals surface area contributed by atoms with Crippen LogP contribution in [0.3, 0.4) is 0 Å². The summed E-state index contributed by atoms with van der Waals surface area (Å²) in [6, 6.07) is 8.35. The van der Waals surface area contributed by atoms with Crippen molar-refractivity contribution in [2.75, 3.05) is 30.9 Å². The first-order chi connectivity index (χ1) is 10.7. The van der Waals surface area contributed by atoms with Crippen LogP contribution in [-0.2, 0) is 0 Å². The molecule has 0 amide bonds. The Bertz CT molecular complexity index is 776. The summed E-state index contributed by atoms with van der Waals surface area (Å²) in [5.41, 5.74) is 4.26. The van der Waals surface area contributed by atoms with Crippen molar-refractivity contribution in [3.05, 3.63) is 42.9 Å². The SMILES string of the molecule is CCCNc1nccn2c(-c3ccccc3N(C)C)cnc12. The van der Waals surface area contributed by atoms with Gasteiger partial charge in [0, 0.05) is 44.3 Å². The molecule has 3 rings (SSSR count). The summed E-state index contributed by atoms with van der Waals surface area (Å²) in [4.78, 5) is 11.1. The van der Waals surface area contributed by atoms with Crippen molar-refractivity contribution >= 4 is 17.2 Å². The number of aromatic nitrogens is 3. The van der Waals surface area contributed by atoms with Crippen LogP contribution in [0.4, 0.5) is 11.5 Å². The zero-order chi connectivity index (χ0) is 15.5. The molecule has 0 aliphatic carbocycles. The molecule has 0 aliphatic rings. The van der Waals surface area contributed by atoms with Gasteiger partial charge in [0.15, 0.2) is 11.5 Å². The highest BCUT2D eigenvalue weighted by molar-refractivity contribution is 5.79. The average Bonchev–Trinajstić information content (AvgIpc) is 2.97. The van der Waals surface area contributed by atoms with Crippen molar-refractivity contribution in [1.82, 2.24) is 14.4 Å². The first kappa shape index (κ1) is 14.4. The topological polar surface area (TPSA) is 45.5 Å². The molecule has 0 bridgehead atoms. The molecule has 2 heterocycles. The summed E-state index contributed by atoms with van der Waals surface area (Å²) in [5, 5.41) is 3.33. The Balaban J connectivity index is 2.13. The number of nitrogens with one attached hydrogen (secondary N) is 1. The number of hydrogen-bond acceptors (Lipinski definition) is 4. The van der Waals surface area contributed by atoms with Gasteiger partial charge in [-0.25, -0.2) is 9.97 Å². The third-order valence-corrected chi connectivity index (χ3v) is 3.63. The normalized spacial score (nSPS) is 10.9. The summed E-state index contributed by atoms with van der Waals surface area (Å²) >= 11 is 0. The summed E-state index contributed by atoms with van der Waals surface area (Å²) in [7, 11) is 4.11. The molecule has 0 saturated carbocycles.